The van der Waals surface area contributed by atoms with Crippen LogP contribution in [0.2, 0.25) is 0 Å². The van der Waals surface area contributed by atoms with Crippen molar-refractivity contribution in [2.24, 2.45) is 5.92 Å². The van der Waals surface area contributed by atoms with E-state index >= 15 is 0 Å². The van der Waals surface area contributed by atoms with Gasteiger partial charge in [0.2, 0.25) is 0 Å². The molecule has 2 saturated heterocycles. The van der Waals surface area contributed by atoms with Crippen molar-refractivity contribution in [3.05, 3.63) is 58.7 Å². The normalized spacial score (nSPS) is 19.6. The summed E-state index contributed by atoms with van der Waals surface area (Å²) in [5.74, 6) is -0.430. The van der Waals surface area contributed by atoms with E-state index in [1.54, 1.807) is 31.2 Å². The second kappa shape index (κ2) is 12.5. The third kappa shape index (κ3) is 6.37. The molecule has 9 nitrogen and oxygen atoms in total. The molecule has 210 valence electrons. The van der Waals surface area contributed by atoms with Crippen LogP contribution in [-0.2, 0) is 14.3 Å². The molecule has 2 N–H and O–H groups in total. The highest BCUT2D eigenvalue weighted by Crippen LogP contribution is 2.42. The Morgan fingerprint density at radius 1 is 1.08 bits per heavy atom. The molecule has 2 aliphatic rings. The Balaban J connectivity index is 1.75. The molecule has 0 saturated carbocycles. The lowest BCUT2D eigenvalue weighted by Gasteiger charge is -2.31. The Morgan fingerprint density at radius 3 is 2.49 bits per heavy atom. The molecule has 2 aromatic rings. The summed E-state index contributed by atoms with van der Waals surface area (Å²) >= 11 is 0. The third-order valence-electron chi connectivity index (χ3n) is 6.94. The van der Waals surface area contributed by atoms with Gasteiger partial charge in [-0.15, -0.1) is 0 Å². The maximum Gasteiger partial charge on any atom is 0.295 e. The monoisotopic (exact) mass is 538 g/mol. The molecule has 2 aliphatic heterocycles. The van der Waals surface area contributed by atoms with Gasteiger partial charge in [-0.3, -0.25) is 14.5 Å². The van der Waals surface area contributed by atoms with Gasteiger partial charge < -0.3 is 29.3 Å². The molecule has 39 heavy (non-hydrogen) atoms. The average molecular weight is 539 g/mol. The first kappa shape index (κ1) is 28.4. The molecule has 0 bridgehead atoms. The number of aliphatic hydroxyl groups is 1. The number of phenolic OH excluding ortho intramolecular Hbond substituents is 1. The number of ketones is 1. The molecular weight excluding hydrogens is 500 g/mol. The highest BCUT2D eigenvalue weighted by atomic mass is 16.5. The van der Waals surface area contributed by atoms with Crippen LogP contribution in [0.15, 0.2) is 42.0 Å². The number of likely N-dealkylation sites (tertiary alicyclic amines) is 1. The van der Waals surface area contributed by atoms with E-state index in [0.717, 1.165) is 13.1 Å². The van der Waals surface area contributed by atoms with Gasteiger partial charge >= 0.3 is 0 Å². The Hall–Kier alpha value is -3.56. The highest BCUT2D eigenvalue weighted by Gasteiger charge is 2.46. The molecule has 4 rings (SSSR count). The van der Waals surface area contributed by atoms with E-state index in [2.05, 4.69) is 18.7 Å². The van der Waals surface area contributed by atoms with Crippen LogP contribution < -0.4 is 9.47 Å². The molecule has 2 aromatic carbocycles. The van der Waals surface area contributed by atoms with E-state index < -0.39 is 17.7 Å². The van der Waals surface area contributed by atoms with Crippen LogP contribution in [0.4, 0.5) is 0 Å². The van der Waals surface area contributed by atoms with Gasteiger partial charge in [0.15, 0.2) is 11.5 Å². The number of aryl methyl sites for hydroxylation is 1. The predicted octanol–water partition coefficient (Wildman–Crippen LogP) is 3.89. The molecule has 0 spiro atoms. The molecule has 0 aliphatic carbocycles. The second-order valence-corrected chi connectivity index (χ2v) is 10.3. The number of phenols is 1. The van der Waals surface area contributed by atoms with Crippen molar-refractivity contribution < 1.29 is 34.0 Å². The number of carbonyl (C=O) groups excluding carboxylic acids is 2. The molecule has 0 radical (unpaired) electrons. The first-order valence-corrected chi connectivity index (χ1v) is 13.5. The lowest BCUT2D eigenvalue weighted by Crippen LogP contribution is -2.42. The van der Waals surface area contributed by atoms with E-state index in [4.69, 9.17) is 14.2 Å². The largest absolute Gasteiger partial charge is 0.507 e. The summed E-state index contributed by atoms with van der Waals surface area (Å²) in [6, 6.07) is 9.19. The van der Waals surface area contributed by atoms with Crippen molar-refractivity contribution in [1.82, 2.24) is 9.80 Å². The number of nitrogens with zero attached hydrogens (tertiary/aromatic N) is 2. The highest BCUT2D eigenvalue weighted by molar-refractivity contribution is 6.46. The smallest absolute Gasteiger partial charge is 0.295 e. The van der Waals surface area contributed by atoms with E-state index in [-0.39, 0.29) is 29.4 Å². The second-order valence-electron chi connectivity index (χ2n) is 10.3. The van der Waals surface area contributed by atoms with E-state index in [9.17, 15) is 19.8 Å². The standard InChI is InChI=1S/C30H38N2O7/c1-5-38-25-17-21(6-9-24(25)33)27-26(28(34)23-8-7-22(16-20(23)4)39-18-19(2)3)29(35)30(36)32(27)11-10-31-12-14-37-15-13-31/h6-9,16-17,19,27,33-34H,5,10-15,18H2,1-4H3/t27-/m0/s1. The maximum absolute atomic E-state index is 13.5. The lowest BCUT2D eigenvalue weighted by atomic mass is 9.93. The Labute approximate surface area is 229 Å². The Morgan fingerprint density at radius 2 is 1.82 bits per heavy atom. The zero-order chi connectivity index (χ0) is 28.1. The van der Waals surface area contributed by atoms with Gasteiger partial charge in [0.1, 0.15) is 11.5 Å². The van der Waals surface area contributed by atoms with E-state index in [1.165, 1.54) is 11.0 Å². The number of carbonyl (C=O) groups is 2. The topological polar surface area (TPSA) is 109 Å². The minimum atomic E-state index is -0.845. The number of benzene rings is 2. The van der Waals surface area contributed by atoms with Crippen molar-refractivity contribution in [2.75, 3.05) is 52.6 Å². The molecule has 0 unspecified atom stereocenters. The number of Topliss-reactive ketones (excluding diaryl/α,β-unsaturated/α-hetero) is 1. The number of hydrogen-bond donors (Lipinski definition) is 2. The van der Waals surface area contributed by atoms with Gasteiger partial charge in [-0.1, -0.05) is 19.9 Å². The number of ether oxygens (including phenoxy) is 3. The minimum absolute atomic E-state index is 0.00839. The molecule has 0 aromatic heterocycles. The number of rotatable bonds is 10. The number of morpholine rings is 1. The Kier molecular flexibility index (Phi) is 9.14. The van der Waals surface area contributed by atoms with Crippen LogP contribution >= 0.6 is 0 Å². The third-order valence-corrected chi connectivity index (χ3v) is 6.94. The summed E-state index contributed by atoms with van der Waals surface area (Å²) < 4.78 is 16.8. The van der Waals surface area contributed by atoms with Crippen LogP contribution in [0, 0.1) is 12.8 Å². The predicted molar refractivity (Wildman–Crippen MR) is 147 cm³/mol. The summed E-state index contributed by atoms with van der Waals surface area (Å²) in [4.78, 5) is 30.5. The van der Waals surface area contributed by atoms with E-state index in [0.29, 0.717) is 61.3 Å². The summed E-state index contributed by atoms with van der Waals surface area (Å²) in [6.45, 7) is 12.2. The Bertz CT molecular complexity index is 1230. The van der Waals surface area contributed by atoms with Crippen LogP contribution in [0.1, 0.15) is 43.5 Å². The van der Waals surface area contributed by atoms with Crippen LogP contribution in [0.25, 0.3) is 5.76 Å². The van der Waals surface area contributed by atoms with Gasteiger partial charge in [-0.05, 0) is 61.2 Å². The van der Waals surface area contributed by atoms with Crippen molar-refractivity contribution in [2.45, 2.75) is 33.7 Å². The summed E-state index contributed by atoms with van der Waals surface area (Å²) in [5, 5.41) is 21.8. The van der Waals surface area contributed by atoms with Crippen molar-refractivity contribution in [1.29, 1.82) is 0 Å². The van der Waals surface area contributed by atoms with Gasteiger partial charge in [-0.25, -0.2) is 0 Å². The fourth-order valence-electron chi connectivity index (χ4n) is 4.90. The van der Waals surface area contributed by atoms with Crippen molar-refractivity contribution >= 4 is 17.4 Å². The minimum Gasteiger partial charge on any atom is -0.507 e. The zero-order valence-corrected chi connectivity index (χ0v) is 23.1. The van der Waals surface area contributed by atoms with Crippen molar-refractivity contribution in [3.8, 4) is 17.2 Å². The average Bonchev–Trinajstić information content (AvgIpc) is 3.17. The number of amides is 1. The molecular formula is C30H38N2O7. The maximum atomic E-state index is 13.5. The quantitative estimate of drug-likeness (QED) is 0.267. The fourth-order valence-corrected chi connectivity index (χ4v) is 4.90. The van der Waals surface area contributed by atoms with Gasteiger partial charge in [0, 0.05) is 31.7 Å². The zero-order valence-electron chi connectivity index (χ0n) is 23.1. The summed E-state index contributed by atoms with van der Waals surface area (Å²) in [6.07, 6.45) is 0. The first-order valence-electron chi connectivity index (χ1n) is 13.5. The van der Waals surface area contributed by atoms with Gasteiger partial charge in [-0.2, -0.15) is 0 Å². The number of aliphatic hydroxyl groups excluding tert-OH is 1. The van der Waals surface area contributed by atoms with Crippen LogP contribution in [0.5, 0.6) is 17.2 Å². The summed E-state index contributed by atoms with van der Waals surface area (Å²) in [7, 11) is 0. The number of aromatic hydroxyl groups is 1. The van der Waals surface area contributed by atoms with Crippen LogP contribution in [0.3, 0.4) is 0 Å². The first-order chi connectivity index (χ1) is 18.7. The SMILES string of the molecule is CCOc1cc([C@H]2C(=C(O)c3ccc(OCC(C)C)cc3C)C(=O)C(=O)N2CCN2CCOCC2)ccc1O. The molecule has 1 amide bonds. The number of hydrogen-bond acceptors (Lipinski definition) is 8. The van der Waals surface area contributed by atoms with Crippen molar-refractivity contribution in [3.63, 3.8) is 0 Å². The van der Waals surface area contributed by atoms with Gasteiger partial charge in [0.25, 0.3) is 11.7 Å². The fraction of sp³-hybridized carbons (Fsp3) is 0.467. The van der Waals surface area contributed by atoms with Gasteiger partial charge in [0.05, 0.1) is 38.0 Å². The molecule has 1 atom stereocenters. The summed E-state index contributed by atoms with van der Waals surface area (Å²) in [5.41, 5.74) is 1.74. The van der Waals surface area contributed by atoms with E-state index in [1.807, 2.05) is 13.0 Å². The molecule has 2 heterocycles. The molecule has 9 heteroatoms. The lowest BCUT2D eigenvalue weighted by molar-refractivity contribution is -0.140. The molecule has 2 fully saturated rings. The van der Waals surface area contributed by atoms with Crippen LogP contribution in [-0.4, -0.2) is 84.3 Å².